The molecule has 0 rings (SSSR count). The Kier molecular flexibility index (Phi) is 9.14. The van der Waals surface area contributed by atoms with Crippen LogP contribution in [0.2, 0.25) is 0 Å². The van der Waals surface area contributed by atoms with E-state index in [-0.39, 0.29) is 63.3 Å². The van der Waals surface area contributed by atoms with E-state index in [0.717, 1.165) is 0 Å². The van der Waals surface area contributed by atoms with Crippen LogP contribution < -0.4 is 5.90 Å². The number of carbonyl (C=O) groups is 1. The summed E-state index contributed by atoms with van der Waals surface area (Å²) in [6.45, 7) is 3.43. The SMILES string of the molecule is CC(C)C(=O)ON.[KH]. The normalized spacial score (nSPS) is 8.00. The van der Waals surface area contributed by atoms with E-state index in [4.69, 9.17) is 0 Å². The summed E-state index contributed by atoms with van der Waals surface area (Å²) in [4.78, 5) is 14.0. The van der Waals surface area contributed by atoms with E-state index < -0.39 is 0 Å². The first-order valence-corrected chi connectivity index (χ1v) is 2.09. The molecule has 2 N–H and O–H groups in total. The van der Waals surface area contributed by atoms with Crippen molar-refractivity contribution in [1.82, 2.24) is 0 Å². The minimum atomic E-state index is -0.375. The molecule has 44 valence electrons. The summed E-state index contributed by atoms with van der Waals surface area (Å²) in [7, 11) is 0. The fraction of sp³-hybridized carbons (Fsp3) is 0.750. The maximum absolute atomic E-state index is 10.2. The minimum absolute atomic E-state index is 0. The maximum atomic E-state index is 10.2. The van der Waals surface area contributed by atoms with Gasteiger partial charge in [-0.3, -0.25) is 4.79 Å². The summed E-state index contributed by atoms with van der Waals surface area (Å²) in [5, 5.41) is 0. The standard InChI is InChI=1S/C4H9NO2.K.H/c1-3(2)4(6)7-5;;/h3H,5H2,1-2H3;;. The molecule has 0 aromatic heterocycles. The van der Waals surface area contributed by atoms with Gasteiger partial charge in [0.05, 0.1) is 5.92 Å². The van der Waals surface area contributed by atoms with Gasteiger partial charge in [-0.15, -0.1) is 0 Å². The van der Waals surface area contributed by atoms with Crippen molar-refractivity contribution in [2.45, 2.75) is 13.8 Å². The van der Waals surface area contributed by atoms with E-state index in [1.165, 1.54) is 0 Å². The summed E-state index contributed by atoms with van der Waals surface area (Å²) in [6.07, 6.45) is 0. The van der Waals surface area contributed by atoms with Crippen LogP contribution in [0.3, 0.4) is 0 Å². The molecule has 0 unspecified atom stereocenters. The molecule has 0 saturated carbocycles. The van der Waals surface area contributed by atoms with Gasteiger partial charge in [0.15, 0.2) is 0 Å². The average Bonchev–Trinajstić information content (AvgIpc) is 1.65. The third kappa shape index (κ3) is 5.21. The molecule has 4 heteroatoms. The third-order valence-electron chi connectivity index (χ3n) is 0.588. The Morgan fingerprint density at radius 3 is 2.00 bits per heavy atom. The zero-order valence-corrected chi connectivity index (χ0v) is 4.47. The molecule has 0 aliphatic heterocycles. The Labute approximate surface area is 91.3 Å². The summed E-state index contributed by atoms with van der Waals surface area (Å²) in [5.74, 6) is 4.03. The number of hydrogen-bond acceptors (Lipinski definition) is 3. The van der Waals surface area contributed by atoms with E-state index in [0.29, 0.717) is 0 Å². The molecule has 0 spiro atoms. The molecule has 0 amide bonds. The summed E-state index contributed by atoms with van der Waals surface area (Å²) < 4.78 is 0. The Bertz CT molecular complexity index is 74.4. The third-order valence-corrected chi connectivity index (χ3v) is 0.588. The second-order valence-electron chi connectivity index (χ2n) is 1.59. The van der Waals surface area contributed by atoms with Crippen LogP contribution in [0.15, 0.2) is 0 Å². The summed E-state index contributed by atoms with van der Waals surface area (Å²) >= 11 is 0. The van der Waals surface area contributed by atoms with Crippen molar-refractivity contribution in [1.29, 1.82) is 0 Å². The van der Waals surface area contributed by atoms with Gasteiger partial charge >= 0.3 is 57.4 Å². The molecule has 0 aromatic rings. The molecule has 0 fully saturated rings. The van der Waals surface area contributed by atoms with Gasteiger partial charge in [0.1, 0.15) is 0 Å². The van der Waals surface area contributed by atoms with Crippen LogP contribution in [0.25, 0.3) is 0 Å². The average molecular weight is 143 g/mol. The first kappa shape index (κ1) is 11.8. The first-order valence-electron chi connectivity index (χ1n) is 2.09. The summed E-state index contributed by atoms with van der Waals surface area (Å²) in [6, 6.07) is 0. The zero-order valence-electron chi connectivity index (χ0n) is 4.47. The van der Waals surface area contributed by atoms with Crippen LogP contribution >= 0.6 is 0 Å². The van der Waals surface area contributed by atoms with Crippen molar-refractivity contribution in [3.63, 3.8) is 0 Å². The number of hydrogen-bond donors (Lipinski definition) is 1. The van der Waals surface area contributed by atoms with Gasteiger partial charge in [-0.25, -0.2) is 0 Å². The van der Waals surface area contributed by atoms with E-state index in [2.05, 4.69) is 10.7 Å². The predicted molar refractivity (Wildman–Crippen MR) is 32.3 cm³/mol. The van der Waals surface area contributed by atoms with Crippen molar-refractivity contribution >= 4 is 57.4 Å². The second kappa shape index (κ2) is 6.19. The molecule has 0 atom stereocenters. The zero-order chi connectivity index (χ0) is 5.86. The monoisotopic (exact) mass is 143 g/mol. The fourth-order valence-corrected chi connectivity index (χ4v) is 0.136. The van der Waals surface area contributed by atoms with Crippen LogP contribution in [0.5, 0.6) is 0 Å². The van der Waals surface area contributed by atoms with Crippen LogP contribution in [0.4, 0.5) is 0 Å². The Morgan fingerprint density at radius 1 is 1.62 bits per heavy atom. The van der Waals surface area contributed by atoms with Crippen molar-refractivity contribution in [2.24, 2.45) is 11.8 Å². The van der Waals surface area contributed by atoms with Crippen LogP contribution in [0, 0.1) is 5.92 Å². The molecule has 0 heterocycles. The number of rotatable bonds is 1. The second-order valence-corrected chi connectivity index (χ2v) is 1.59. The van der Waals surface area contributed by atoms with Crippen molar-refractivity contribution in [3.05, 3.63) is 0 Å². The van der Waals surface area contributed by atoms with Crippen molar-refractivity contribution in [3.8, 4) is 0 Å². The molecule has 0 aromatic carbocycles. The van der Waals surface area contributed by atoms with Gasteiger partial charge in [0, 0.05) is 0 Å². The molecule has 8 heavy (non-hydrogen) atoms. The number of carbonyl (C=O) groups excluding carboxylic acids is 1. The van der Waals surface area contributed by atoms with Gasteiger partial charge in [-0.1, -0.05) is 13.8 Å². The first-order chi connectivity index (χ1) is 3.18. The van der Waals surface area contributed by atoms with Crippen molar-refractivity contribution < 1.29 is 9.63 Å². The van der Waals surface area contributed by atoms with E-state index in [1.54, 1.807) is 13.8 Å². The Morgan fingerprint density at radius 2 is 2.00 bits per heavy atom. The number of nitrogens with two attached hydrogens (primary N) is 1. The topological polar surface area (TPSA) is 52.3 Å². The van der Waals surface area contributed by atoms with Gasteiger partial charge in [-0.2, -0.15) is 5.90 Å². The molecule has 0 bridgehead atoms. The molecular weight excluding hydrogens is 133 g/mol. The fourth-order valence-electron chi connectivity index (χ4n) is 0.136. The molecule has 0 saturated heterocycles. The van der Waals surface area contributed by atoms with E-state index in [9.17, 15) is 4.79 Å². The Balaban J connectivity index is 0. The molecule has 0 aliphatic rings. The van der Waals surface area contributed by atoms with Gasteiger partial charge in [0.25, 0.3) is 0 Å². The van der Waals surface area contributed by atoms with Gasteiger partial charge in [0.2, 0.25) is 0 Å². The quantitative estimate of drug-likeness (QED) is 0.394. The van der Waals surface area contributed by atoms with Crippen LogP contribution in [-0.4, -0.2) is 57.4 Å². The van der Waals surface area contributed by atoms with E-state index in [1.807, 2.05) is 0 Å². The summed E-state index contributed by atoms with van der Waals surface area (Å²) in [5.41, 5.74) is 0. The Hall–Kier alpha value is 1.07. The molecular formula is C4H10KNO2. The van der Waals surface area contributed by atoms with Gasteiger partial charge in [-0.05, 0) is 0 Å². The predicted octanol–water partition coefficient (Wildman–Crippen LogP) is -0.589. The van der Waals surface area contributed by atoms with Gasteiger partial charge < -0.3 is 4.84 Å². The molecule has 0 aliphatic carbocycles. The van der Waals surface area contributed by atoms with Crippen LogP contribution in [0.1, 0.15) is 13.8 Å². The molecule has 3 nitrogen and oxygen atoms in total. The van der Waals surface area contributed by atoms with Crippen molar-refractivity contribution in [2.75, 3.05) is 0 Å². The van der Waals surface area contributed by atoms with Crippen LogP contribution in [-0.2, 0) is 9.63 Å². The van der Waals surface area contributed by atoms with E-state index >= 15 is 0 Å². The molecule has 0 radical (unpaired) electrons.